The molecule has 0 aliphatic rings. The van der Waals surface area contributed by atoms with Crippen LogP contribution in [0.1, 0.15) is 30.5 Å². The first kappa shape index (κ1) is 20.9. The number of hydrogen-bond donors (Lipinski definition) is 2. The molecule has 2 amide bonds. The monoisotopic (exact) mass is 369 g/mol. The van der Waals surface area contributed by atoms with Crippen LogP contribution in [0.3, 0.4) is 0 Å². The second kappa shape index (κ2) is 11.4. The van der Waals surface area contributed by atoms with Crippen LogP contribution in [0.4, 0.5) is 10.5 Å². The smallest absolute Gasteiger partial charge is 0.319 e. The van der Waals surface area contributed by atoms with Gasteiger partial charge in [0.1, 0.15) is 0 Å². The number of nitrogens with zero attached hydrogens (tertiary/aromatic N) is 1. The van der Waals surface area contributed by atoms with Gasteiger partial charge in [-0.2, -0.15) is 0 Å². The number of amides is 2. The second-order valence-corrected chi connectivity index (χ2v) is 6.53. The first-order valence-corrected chi connectivity index (χ1v) is 9.57. The number of rotatable bonds is 10. The molecule has 0 fully saturated rings. The van der Waals surface area contributed by atoms with E-state index in [-0.39, 0.29) is 6.03 Å². The van der Waals surface area contributed by atoms with Gasteiger partial charge in [-0.1, -0.05) is 50.2 Å². The van der Waals surface area contributed by atoms with Crippen molar-refractivity contribution in [3.63, 3.8) is 0 Å². The Morgan fingerprint density at radius 1 is 1.00 bits per heavy atom. The Labute approximate surface area is 162 Å². The maximum Gasteiger partial charge on any atom is 0.319 e. The quantitative estimate of drug-likeness (QED) is 0.665. The maximum atomic E-state index is 12.1. The van der Waals surface area contributed by atoms with Crippen molar-refractivity contribution in [3.8, 4) is 0 Å². The van der Waals surface area contributed by atoms with Gasteiger partial charge in [0.15, 0.2) is 0 Å². The van der Waals surface area contributed by atoms with Gasteiger partial charge >= 0.3 is 6.03 Å². The highest BCUT2D eigenvalue weighted by Gasteiger charge is 2.04. The average Bonchev–Trinajstić information content (AvgIpc) is 2.69. The van der Waals surface area contributed by atoms with Crippen molar-refractivity contribution in [2.45, 2.75) is 33.4 Å². The summed E-state index contributed by atoms with van der Waals surface area (Å²) in [5, 5.41) is 5.77. The summed E-state index contributed by atoms with van der Waals surface area (Å²) in [6, 6.07) is 15.9. The highest BCUT2D eigenvalue weighted by atomic mass is 16.5. The molecule has 0 heterocycles. The number of nitrogens with one attached hydrogen (secondary N) is 2. The van der Waals surface area contributed by atoms with E-state index >= 15 is 0 Å². The summed E-state index contributed by atoms with van der Waals surface area (Å²) in [6.07, 6.45) is 1.02. The predicted octanol–water partition coefficient (Wildman–Crippen LogP) is 4.04. The van der Waals surface area contributed by atoms with Crippen molar-refractivity contribution in [1.29, 1.82) is 0 Å². The topological polar surface area (TPSA) is 53.6 Å². The lowest BCUT2D eigenvalue weighted by atomic mass is 10.1. The van der Waals surface area contributed by atoms with Gasteiger partial charge in [0.2, 0.25) is 0 Å². The van der Waals surface area contributed by atoms with E-state index in [0.29, 0.717) is 13.2 Å². The van der Waals surface area contributed by atoms with E-state index in [1.54, 1.807) is 7.11 Å². The summed E-state index contributed by atoms with van der Waals surface area (Å²) >= 11 is 0. The zero-order valence-electron chi connectivity index (χ0n) is 16.6. The van der Waals surface area contributed by atoms with E-state index in [1.807, 2.05) is 36.4 Å². The van der Waals surface area contributed by atoms with Crippen LogP contribution < -0.4 is 10.6 Å². The van der Waals surface area contributed by atoms with Gasteiger partial charge in [-0.3, -0.25) is 0 Å². The number of urea groups is 1. The minimum atomic E-state index is -0.206. The SMILES string of the molecule is CCN(CC)CCc1ccc(NC(=O)NCc2cccc(COC)c2)cc1. The molecule has 2 rings (SSSR count). The van der Waals surface area contributed by atoms with Gasteiger partial charge < -0.3 is 20.3 Å². The van der Waals surface area contributed by atoms with Gasteiger partial charge in [-0.25, -0.2) is 4.79 Å². The number of methoxy groups -OCH3 is 1. The Kier molecular flexibility index (Phi) is 8.81. The molecule has 146 valence electrons. The molecule has 0 aromatic heterocycles. The molecule has 0 spiro atoms. The minimum Gasteiger partial charge on any atom is -0.380 e. The molecule has 0 saturated carbocycles. The third-order valence-electron chi connectivity index (χ3n) is 4.58. The standard InChI is InChI=1S/C22H31N3O2/c1-4-25(5-2)14-13-18-9-11-21(12-10-18)24-22(26)23-16-19-7-6-8-20(15-19)17-27-3/h6-12,15H,4-5,13-14,16-17H2,1-3H3,(H2,23,24,26). The lowest BCUT2D eigenvalue weighted by Crippen LogP contribution is -2.28. The van der Waals surface area contributed by atoms with Gasteiger partial charge in [-0.05, 0) is 48.3 Å². The lowest BCUT2D eigenvalue weighted by molar-refractivity contribution is 0.185. The molecule has 0 atom stereocenters. The van der Waals surface area contributed by atoms with Crippen molar-refractivity contribution in [3.05, 3.63) is 65.2 Å². The number of anilines is 1. The van der Waals surface area contributed by atoms with Crippen LogP contribution in [0.5, 0.6) is 0 Å². The van der Waals surface area contributed by atoms with Gasteiger partial charge in [-0.15, -0.1) is 0 Å². The molecule has 2 N–H and O–H groups in total. The summed E-state index contributed by atoms with van der Waals surface area (Å²) in [5.41, 5.74) is 4.22. The Morgan fingerprint density at radius 3 is 2.37 bits per heavy atom. The summed E-state index contributed by atoms with van der Waals surface area (Å²) in [5.74, 6) is 0. The summed E-state index contributed by atoms with van der Waals surface area (Å²) in [4.78, 5) is 14.5. The van der Waals surface area contributed by atoms with Crippen molar-refractivity contribution >= 4 is 11.7 Å². The number of ether oxygens (including phenoxy) is 1. The summed E-state index contributed by atoms with van der Waals surface area (Å²) in [7, 11) is 1.67. The average molecular weight is 370 g/mol. The maximum absolute atomic E-state index is 12.1. The molecule has 0 bridgehead atoms. The molecular formula is C22H31N3O2. The largest absolute Gasteiger partial charge is 0.380 e. The van der Waals surface area contributed by atoms with Crippen LogP contribution in [0, 0.1) is 0 Å². The van der Waals surface area contributed by atoms with E-state index < -0.39 is 0 Å². The van der Waals surface area contributed by atoms with Crippen LogP contribution in [0.15, 0.2) is 48.5 Å². The zero-order chi connectivity index (χ0) is 19.5. The van der Waals surface area contributed by atoms with Crippen LogP contribution in [-0.2, 0) is 24.3 Å². The number of carbonyl (C=O) groups excluding carboxylic acids is 1. The van der Waals surface area contributed by atoms with Crippen LogP contribution >= 0.6 is 0 Å². The van der Waals surface area contributed by atoms with E-state index in [4.69, 9.17) is 4.74 Å². The van der Waals surface area contributed by atoms with Crippen molar-refractivity contribution in [1.82, 2.24) is 10.2 Å². The normalized spacial score (nSPS) is 10.8. The van der Waals surface area contributed by atoms with E-state index in [2.05, 4.69) is 41.5 Å². The highest BCUT2D eigenvalue weighted by Crippen LogP contribution is 2.11. The lowest BCUT2D eigenvalue weighted by Gasteiger charge is -2.17. The fourth-order valence-corrected chi connectivity index (χ4v) is 2.94. The van der Waals surface area contributed by atoms with E-state index in [0.717, 1.165) is 42.9 Å². The number of hydrogen-bond acceptors (Lipinski definition) is 3. The van der Waals surface area contributed by atoms with Crippen LogP contribution in [0.25, 0.3) is 0 Å². The Morgan fingerprint density at radius 2 is 1.70 bits per heavy atom. The van der Waals surface area contributed by atoms with E-state index in [1.165, 1.54) is 5.56 Å². The van der Waals surface area contributed by atoms with Crippen LogP contribution in [0.2, 0.25) is 0 Å². The third kappa shape index (κ3) is 7.41. The fourth-order valence-electron chi connectivity index (χ4n) is 2.94. The number of benzene rings is 2. The second-order valence-electron chi connectivity index (χ2n) is 6.53. The predicted molar refractivity (Wildman–Crippen MR) is 111 cm³/mol. The molecule has 5 nitrogen and oxygen atoms in total. The Hall–Kier alpha value is -2.37. The van der Waals surface area contributed by atoms with E-state index in [9.17, 15) is 4.79 Å². The van der Waals surface area contributed by atoms with Crippen LogP contribution in [-0.4, -0.2) is 37.7 Å². The van der Waals surface area contributed by atoms with Gasteiger partial charge in [0.05, 0.1) is 6.61 Å². The molecule has 5 heteroatoms. The minimum absolute atomic E-state index is 0.206. The zero-order valence-corrected chi connectivity index (χ0v) is 16.6. The molecule has 2 aromatic carbocycles. The summed E-state index contributed by atoms with van der Waals surface area (Å²) < 4.78 is 5.14. The molecule has 0 radical (unpaired) electrons. The molecule has 2 aromatic rings. The highest BCUT2D eigenvalue weighted by molar-refractivity contribution is 5.89. The summed E-state index contributed by atoms with van der Waals surface area (Å²) in [6.45, 7) is 8.62. The third-order valence-corrected chi connectivity index (χ3v) is 4.58. The Balaban J connectivity index is 1.79. The molecule has 0 aliphatic carbocycles. The van der Waals surface area contributed by atoms with Gasteiger partial charge in [0.25, 0.3) is 0 Å². The Bertz CT molecular complexity index is 697. The van der Waals surface area contributed by atoms with Crippen molar-refractivity contribution in [2.75, 3.05) is 32.1 Å². The molecule has 0 unspecified atom stereocenters. The van der Waals surface area contributed by atoms with Crippen molar-refractivity contribution in [2.24, 2.45) is 0 Å². The molecular weight excluding hydrogens is 338 g/mol. The van der Waals surface area contributed by atoms with Gasteiger partial charge in [0, 0.05) is 25.9 Å². The molecule has 0 saturated heterocycles. The molecule has 0 aliphatic heterocycles. The first-order valence-electron chi connectivity index (χ1n) is 9.57. The number of likely N-dealkylation sites (N-methyl/N-ethyl adjacent to an activating group) is 1. The first-order chi connectivity index (χ1) is 13.1. The fraction of sp³-hybridized carbons (Fsp3) is 0.409. The number of carbonyl (C=O) groups is 1. The van der Waals surface area contributed by atoms with Crippen molar-refractivity contribution < 1.29 is 9.53 Å². The molecule has 27 heavy (non-hydrogen) atoms.